The molecule has 4 heteroatoms. The van der Waals surface area contributed by atoms with Crippen LogP contribution in [0, 0.1) is 12.8 Å². The topological polar surface area (TPSA) is 38.2 Å². The Balaban J connectivity index is 1.71. The zero-order valence-corrected chi connectivity index (χ0v) is 9.59. The second kappa shape index (κ2) is 4.01. The number of aryl methyl sites for hydroxylation is 1. The molecule has 0 saturated carbocycles. The van der Waals surface area contributed by atoms with Gasteiger partial charge in [0, 0.05) is 12.7 Å². The molecule has 0 aliphatic carbocycles. The molecule has 16 heavy (non-hydrogen) atoms. The molecular weight excluding hydrogens is 202 g/mol. The maximum Gasteiger partial charge on any atom is 0.232 e. The van der Waals surface area contributed by atoms with Gasteiger partial charge in [-0.25, -0.2) is 4.98 Å². The summed E-state index contributed by atoms with van der Waals surface area (Å²) in [6, 6.07) is 0. The third-order valence-electron chi connectivity index (χ3n) is 3.60. The minimum absolute atomic E-state index is 0.318. The number of piperidine rings is 3. The molecule has 86 valence electrons. The van der Waals surface area contributed by atoms with Gasteiger partial charge in [-0.05, 0) is 38.8 Å². The van der Waals surface area contributed by atoms with E-state index in [2.05, 4.69) is 14.9 Å². The van der Waals surface area contributed by atoms with Crippen molar-refractivity contribution in [3.63, 3.8) is 0 Å². The molecule has 4 nitrogen and oxygen atoms in total. The monoisotopic (exact) mass is 219 g/mol. The normalized spacial score (nSPS) is 32.7. The molecule has 1 aromatic rings. The Morgan fingerprint density at radius 1 is 1.31 bits per heavy atom. The van der Waals surface area contributed by atoms with E-state index in [0.717, 1.165) is 12.2 Å². The van der Waals surface area contributed by atoms with Gasteiger partial charge in [0.25, 0.3) is 0 Å². The van der Waals surface area contributed by atoms with E-state index in [4.69, 9.17) is 4.74 Å². The lowest BCUT2D eigenvalue weighted by atomic mass is 9.86. The van der Waals surface area contributed by atoms with Crippen LogP contribution in [0.4, 0.5) is 0 Å². The highest BCUT2D eigenvalue weighted by Gasteiger charge is 2.35. The quantitative estimate of drug-likeness (QED) is 0.750. The lowest BCUT2D eigenvalue weighted by Gasteiger charge is -2.44. The van der Waals surface area contributed by atoms with Gasteiger partial charge >= 0.3 is 0 Å². The first-order valence-electron chi connectivity index (χ1n) is 5.99. The molecule has 3 fully saturated rings. The summed E-state index contributed by atoms with van der Waals surface area (Å²) < 4.78 is 5.95. The van der Waals surface area contributed by atoms with Gasteiger partial charge in [0.15, 0.2) is 0 Å². The third kappa shape index (κ3) is 1.89. The van der Waals surface area contributed by atoms with Crippen LogP contribution in [0.2, 0.25) is 0 Å². The van der Waals surface area contributed by atoms with E-state index >= 15 is 0 Å². The summed E-state index contributed by atoms with van der Waals surface area (Å²) in [6.45, 7) is 5.48. The molecule has 2 bridgehead atoms. The molecule has 1 atom stereocenters. The Morgan fingerprint density at radius 2 is 2.12 bits per heavy atom. The third-order valence-corrected chi connectivity index (χ3v) is 3.60. The predicted octanol–water partition coefficient (Wildman–Crippen LogP) is 1.26. The van der Waals surface area contributed by atoms with Gasteiger partial charge in [0.05, 0.1) is 11.9 Å². The summed E-state index contributed by atoms with van der Waals surface area (Å²) in [5.41, 5.74) is 0.916. The van der Waals surface area contributed by atoms with Crippen molar-refractivity contribution in [2.75, 3.05) is 19.6 Å². The lowest BCUT2D eigenvalue weighted by molar-refractivity contribution is -0.0102. The van der Waals surface area contributed by atoms with Crippen LogP contribution in [0.25, 0.3) is 0 Å². The molecule has 4 heterocycles. The van der Waals surface area contributed by atoms with E-state index in [0.29, 0.717) is 17.9 Å². The van der Waals surface area contributed by atoms with Crippen molar-refractivity contribution in [1.82, 2.24) is 14.9 Å². The van der Waals surface area contributed by atoms with Gasteiger partial charge in [0.1, 0.15) is 6.10 Å². The molecule has 1 aromatic heterocycles. The largest absolute Gasteiger partial charge is 0.472 e. The Kier molecular flexibility index (Phi) is 2.52. The SMILES string of the molecule is Cc1cncc(OC2CN3CCC2CC3)n1. The molecule has 3 saturated heterocycles. The van der Waals surface area contributed by atoms with Crippen LogP contribution in [-0.4, -0.2) is 40.6 Å². The van der Waals surface area contributed by atoms with E-state index < -0.39 is 0 Å². The number of nitrogens with zero attached hydrogens (tertiary/aromatic N) is 3. The maximum atomic E-state index is 5.95. The van der Waals surface area contributed by atoms with Crippen LogP contribution in [-0.2, 0) is 0 Å². The number of aromatic nitrogens is 2. The summed E-state index contributed by atoms with van der Waals surface area (Å²) in [5, 5.41) is 0. The van der Waals surface area contributed by atoms with Gasteiger partial charge in [-0.1, -0.05) is 0 Å². The fourth-order valence-corrected chi connectivity index (χ4v) is 2.70. The van der Waals surface area contributed by atoms with Crippen molar-refractivity contribution in [2.24, 2.45) is 5.92 Å². The molecule has 1 unspecified atom stereocenters. The summed E-state index contributed by atoms with van der Waals surface area (Å²) in [6.07, 6.45) is 6.32. The minimum Gasteiger partial charge on any atom is -0.472 e. The molecule has 3 aliphatic heterocycles. The average Bonchev–Trinajstić information content (AvgIpc) is 2.30. The van der Waals surface area contributed by atoms with Crippen molar-refractivity contribution in [2.45, 2.75) is 25.9 Å². The van der Waals surface area contributed by atoms with Crippen molar-refractivity contribution in [3.05, 3.63) is 18.1 Å². The fourth-order valence-electron chi connectivity index (χ4n) is 2.70. The van der Waals surface area contributed by atoms with E-state index in [1.807, 2.05) is 6.92 Å². The highest BCUT2D eigenvalue weighted by molar-refractivity contribution is 5.08. The molecule has 3 aliphatic rings. The molecule has 0 aromatic carbocycles. The second-order valence-corrected chi connectivity index (χ2v) is 4.79. The first kappa shape index (κ1) is 10.0. The lowest BCUT2D eigenvalue weighted by Crippen LogP contribution is -2.52. The number of fused-ring (bicyclic) bond motifs is 3. The summed E-state index contributed by atoms with van der Waals surface area (Å²) in [7, 11) is 0. The fraction of sp³-hybridized carbons (Fsp3) is 0.667. The summed E-state index contributed by atoms with van der Waals surface area (Å²) in [4.78, 5) is 10.9. The van der Waals surface area contributed by atoms with Gasteiger partial charge in [-0.2, -0.15) is 0 Å². The van der Waals surface area contributed by atoms with Gasteiger partial charge in [0.2, 0.25) is 5.88 Å². The first-order valence-corrected chi connectivity index (χ1v) is 5.99. The Bertz CT molecular complexity index is 374. The second-order valence-electron chi connectivity index (χ2n) is 4.79. The van der Waals surface area contributed by atoms with Crippen LogP contribution in [0.1, 0.15) is 18.5 Å². The molecule has 4 rings (SSSR count). The Morgan fingerprint density at radius 3 is 2.75 bits per heavy atom. The minimum atomic E-state index is 0.318. The number of rotatable bonds is 2. The van der Waals surface area contributed by atoms with Gasteiger partial charge in [-0.15, -0.1) is 0 Å². The van der Waals surface area contributed by atoms with Crippen molar-refractivity contribution in [3.8, 4) is 5.88 Å². The smallest absolute Gasteiger partial charge is 0.232 e. The van der Waals surface area contributed by atoms with Gasteiger partial charge < -0.3 is 4.74 Å². The highest BCUT2D eigenvalue weighted by Crippen LogP contribution is 2.29. The maximum absolute atomic E-state index is 5.95. The van der Waals surface area contributed by atoms with Crippen LogP contribution in [0.5, 0.6) is 5.88 Å². The molecule has 0 spiro atoms. The summed E-state index contributed by atoms with van der Waals surface area (Å²) in [5.74, 6) is 1.39. The average molecular weight is 219 g/mol. The van der Waals surface area contributed by atoms with Crippen molar-refractivity contribution >= 4 is 0 Å². The van der Waals surface area contributed by atoms with E-state index in [1.54, 1.807) is 12.4 Å². The molecular formula is C12H17N3O. The van der Waals surface area contributed by atoms with E-state index in [-0.39, 0.29) is 0 Å². The standard InChI is InChI=1S/C12H17N3O/c1-9-6-13-7-12(14-9)16-11-8-15-4-2-10(11)3-5-15/h6-7,10-11H,2-5,8H2,1H3. The number of ether oxygens (including phenoxy) is 1. The molecule has 0 N–H and O–H groups in total. The van der Waals surface area contributed by atoms with Crippen molar-refractivity contribution in [1.29, 1.82) is 0 Å². The van der Waals surface area contributed by atoms with Crippen LogP contribution in [0.15, 0.2) is 12.4 Å². The molecule has 0 radical (unpaired) electrons. The summed E-state index contributed by atoms with van der Waals surface area (Å²) >= 11 is 0. The van der Waals surface area contributed by atoms with Crippen LogP contribution in [0.3, 0.4) is 0 Å². The Hall–Kier alpha value is -1.16. The Labute approximate surface area is 95.7 Å². The highest BCUT2D eigenvalue weighted by atomic mass is 16.5. The van der Waals surface area contributed by atoms with Crippen molar-refractivity contribution < 1.29 is 4.74 Å². The predicted molar refractivity (Wildman–Crippen MR) is 60.3 cm³/mol. The van der Waals surface area contributed by atoms with E-state index in [9.17, 15) is 0 Å². The zero-order chi connectivity index (χ0) is 11.0. The van der Waals surface area contributed by atoms with Crippen LogP contribution < -0.4 is 4.74 Å². The first-order chi connectivity index (χ1) is 7.81. The van der Waals surface area contributed by atoms with E-state index in [1.165, 1.54) is 25.9 Å². The number of hydrogen-bond donors (Lipinski definition) is 0. The zero-order valence-electron chi connectivity index (χ0n) is 9.59. The molecule has 0 amide bonds. The number of hydrogen-bond acceptors (Lipinski definition) is 4. The van der Waals surface area contributed by atoms with Crippen LogP contribution >= 0.6 is 0 Å². The van der Waals surface area contributed by atoms with Gasteiger partial charge in [-0.3, -0.25) is 9.88 Å².